The molecule has 2 saturated heterocycles. The molecule has 0 unspecified atom stereocenters. The van der Waals surface area contributed by atoms with Gasteiger partial charge < -0.3 is 15.3 Å². The van der Waals surface area contributed by atoms with Crippen LogP contribution >= 0.6 is 0 Å². The molecule has 1 aromatic carbocycles. The van der Waals surface area contributed by atoms with Gasteiger partial charge in [0, 0.05) is 31.2 Å². The van der Waals surface area contributed by atoms with E-state index in [9.17, 15) is 13.5 Å². The third-order valence-electron chi connectivity index (χ3n) is 4.42. The third kappa shape index (κ3) is 4.28. The van der Waals surface area contributed by atoms with E-state index in [1.165, 1.54) is 24.8 Å². The van der Waals surface area contributed by atoms with Gasteiger partial charge in [-0.3, -0.25) is 9.54 Å². The highest BCUT2D eigenvalue weighted by molar-refractivity contribution is 7.85. The molecule has 2 aliphatic rings. The number of fused-ring (bicyclic) bond motifs is 2. The summed E-state index contributed by atoms with van der Waals surface area (Å²) in [6.45, 7) is 3.93. The Kier molecular flexibility index (Phi) is 4.94. The highest BCUT2D eigenvalue weighted by atomic mass is 32.2. The first-order valence-corrected chi connectivity index (χ1v) is 9.45. The van der Waals surface area contributed by atoms with Crippen molar-refractivity contribution in [3.63, 3.8) is 0 Å². The summed E-state index contributed by atoms with van der Waals surface area (Å²) >= 11 is 0. The van der Waals surface area contributed by atoms with Crippen LogP contribution in [-0.2, 0) is 10.1 Å². The number of nitrogens with zero attached hydrogens (tertiary/aromatic N) is 2. The molecule has 3 N–H and O–H groups in total. The van der Waals surface area contributed by atoms with E-state index in [2.05, 4.69) is 15.2 Å². The fraction of sp³-hybridized carbons (Fsp3) is 0.353. The number of hydrogen-bond acceptors (Lipinski definition) is 6. The van der Waals surface area contributed by atoms with Crippen LogP contribution in [0.1, 0.15) is 12.0 Å². The SMILES string of the molecule is Cc1ccc(S(=O)(=O)O)cc1.Oc1cncc(N2C[C@H]3C[C@@H]2CN3)c1. The average molecular weight is 363 g/mol. The molecule has 0 saturated carbocycles. The van der Waals surface area contributed by atoms with Gasteiger partial charge in [0.2, 0.25) is 0 Å². The molecule has 0 aliphatic carbocycles. The lowest BCUT2D eigenvalue weighted by Gasteiger charge is -2.29. The van der Waals surface area contributed by atoms with Gasteiger partial charge in [0.15, 0.2) is 0 Å². The smallest absolute Gasteiger partial charge is 0.294 e. The molecular formula is C17H21N3O4S. The topological polar surface area (TPSA) is 103 Å². The first kappa shape index (κ1) is 17.7. The molecule has 0 amide bonds. The Balaban J connectivity index is 0.000000151. The molecule has 0 spiro atoms. The monoisotopic (exact) mass is 363 g/mol. The Hall–Kier alpha value is -2.16. The van der Waals surface area contributed by atoms with Gasteiger partial charge in [-0.15, -0.1) is 0 Å². The van der Waals surface area contributed by atoms with Gasteiger partial charge in [-0.2, -0.15) is 8.42 Å². The highest BCUT2D eigenvalue weighted by Crippen LogP contribution is 2.30. The first-order chi connectivity index (χ1) is 11.8. The maximum absolute atomic E-state index is 10.5. The number of aromatic nitrogens is 1. The minimum absolute atomic E-state index is 0.0666. The van der Waals surface area contributed by atoms with Crippen molar-refractivity contribution in [3.05, 3.63) is 48.3 Å². The number of piperazine rings is 1. The first-order valence-electron chi connectivity index (χ1n) is 8.01. The predicted molar refractivity (Wildman–Crippen MR) is 94.4 cm³/mol. The van der Waals surface area contributed by atoms with E-state index in [0.717, 1.165) is 24.3 Å². The summed E-state index contributed by atoms with van der Waals surface area (Å²) in [5.41, 5.74) is 2.00. The van der Waals surface area contributed by atoms with Crippen molar-refractivity contribution < 1.29 is 18.1 Å². The normalized spacial score (nSPS) is 21.8. The van der Waals surface area contributed by atoms with Crippen molar-refractivity contribution >= 4 is 15.8 Å². The summed E-state index contributed by atoms with van der Waals surface area (Å²) in [5.74, 6) is 0.248. The van der Waals surface area contributed by atoms with Crippen LogP contribution in [0.5, 0.6) is 5.75 Å². The van der Waals surface area contributed by atoms with Crippen molar-refractivity contribution in [2.24, 2.45) is 0 Å². The molecule has 2 aromatic rings. The zero-order valence-corrected chi connectivity index (χ0v) is 14.6. The number of hydrogen-bond donors (Lipinski definition) is 3. The molecule has 2 atom stereocenters. The second kappa shape index (κ2) is 6.99. The predicted octanol–water partition coefficient (Wildman–Crippen LogP) is 1.58. The van der Waals surface area contributed by atoms with E-state index in [1.54, 1.807) is 18.2 Å². The number of aryl methyl sites for hydroxylation is 1. The third-order valence-corrected chi connectivity index (χ3v) is 5.28. The molecular weight excluding hydrogens is 342 g/mol. The standard InChI is InChI=1S/C10H13N3O.C7H8O3S/c14-10-2-9(3-11-5-10)13-6-7-1-8(13)4-12-7;1-6-2-4-7(5-3-6)11(8,9)10/h2-3,5,7-8,12,14H,1,4,6H2;2-5H,1H3,(H,8,9,10)/t7-,8-;/m1./s1. The van der Waals surface area contributed by atoms with Crippen molar-refractivity contribution in [2.45, 2.75) is 30.3 Å². The zero-order chi connectivity index (χ0) is 18.0. The Labute approximate surface area is 147 Å². The van der Waals surface area contributed by atoms with Gasteiger partial charge in [-0.05, 0) is 25.5 Å². The second-order valence-electron chi connectivity index (χ2n) is 6.34. The van der Waals surface area contributed by atoms with Crippen LogP contribution in [0.2, 0.25) is 0 Å². The van der Waals surface area contributed by atoms with Gasteiger partial charge in [-0.1, -0.05) is 17.7 Å². The van der Waals surface area contributed by atoms with Crippen molar-refractivity contribution in [3.8, 4) is 5.75 Å². The molecule has 3 heterocycles. The second-order valence-corrected chi connectivity index (χ2v) is 7.76. The lowest BCUT2D eigenvalue weighted by Crippen LogP contribution is -2.43. The van der Waals surface area contributed by atoms with E-state index in [1.807, 2.05) is 13.1 Å². The van der Waals surface area contributed by atoms with Crippen molar-refractivity contribution in [1.29, 1.82) is 0 Å². The number of anilines is 1. The molecule has 2 fully saturated rings. The van der Waals surface area contributed by atoms with Crippen LogP contribution in [0.25, 0.3) is 0 Å². The number of benzene rings is 1. The quantitative estimate of drug-likeness (QED) is 0.696. The zero-order valence-electron chi connectivity index (χ0n) is 13.8. The molecule has 25 heavy (non-hydrogen) atoms. The van der Waals surface area contributed by atoms with Gasteiger partial charge in [0.1, 0.15) is 5.75 Å². The van der Waals surface area contributed by atoms with E-state index in [-0.39, 0.29) is 10.6 Å². The van der Waals surface area contributed by atoms with E-state index >= 15 is 0 Å². The number of aromatic hydroxyl groups is 1. The van der Waals surface area contributed by atoms with Crippen LogP contribution in [0.15, 0.2) is 47.6 Å². The van der Waals surface area contributed by atoms with Crippen LogP contribution in [0.3, 0.4) is 0 Å². The number of pyridine rings is 1. The van der Waals surface area contributed by atoms with Gasteiger partial charge in [0.05, 0.1) is 23.0 Å². The molecule has 7 nitrogen and oxygen atoms in total. The minimum Gasteiger partial charge on any atom is -0.506 e. The fourth-order valence-electron chi connectivity index (χ4n) is 3.16. The summed E-state index contributed by atoms with van der Waals surface area (Å²) in [6.07, 6.45) is 4.51. The van der Waals surface area contributed by atoms with Gasteiger partial charge >= 0.3 is 0 Å². The molecule has 2 aliphatic heterocycles. The molecule has 2 bridgehead atoms. The number of nitrogens with one attached hydrogen (secondary N) is 1. The summed E-state index contributed by atoms with van der Waals surface area (Å²) in [6, 6.07) is 8.99. The van der Waals surface area contributed by atoms with Crippen LogP contribution in [-0.4, -0.2) is 48.2 Å². The Morgan fingerprint density at radius 3 is 2.48 bits per heavy atom. The summed E-state index contributed by atoms with van der Waals surface area (Å²) in [5, 5.41) is 12.8. The Morgan fingerprint density at radius 2 is 1.96 bits per heavy atom. The average Bonchev–Trinajstić information content (AvgIpc) is 3.18. The Morgan fingerprint density at radius 1 is 1.24 bits per heavy atom. The molecule has 4 rings (SSSR count). The van der Waals surface area contributed by atoms with Crippen LogP contribution in [0, 0.1) is 6.92 Å². The molecule has 0 radical (unpaired) electrons. The lowest BCUT2D eigenvalue weighted by atomic mass is 10.2. The van der Waals surface area contributed by atoms with E-state index in [0.29, 0.717) is 12.1 Å². The molecule has 134 valence electrons. The number of rotatable bonds is 2. The van der Waals surface area contributed by atoms with Crippen LogP contribution < -0.4 is 10.2 Å². The summed E-state index contributed by atoms with van der Waals surface area (Å²) in [7, 11) is -4.02. The van der Waals surface area contributed by atoms with Gasteiger partial charge in [0.25, 0.3) is 10.1 Å². The molecule has 1 aromatic heterocycles. The minimum atomic E-state index is -4.02. The summed E-state index contributed by atoms with van der Waals surface area (Å²) < 4.78 is 29.6. The van der Waals surface area contributed by atoms with Crippen molar-refractivity contribution in [1.82, 2.24) is 10.3 Å². The maximum atomic E-state index is 10.5. The molecule has 8 heteroatoms. The lowest BCUT2D eigenvalue weighted by molar-refractivity contribution is 0.472. The fourth-order valence-corrected chi connectivity index (χ4v) is 3.64. The Bertz CT molecular complexity index is 839. The van der Waals surface area contributed by atoms with E-state index < -0.39 is 10.1 Å². The largest absolute Gasteiger partial charge is 0.506 e. The van der Waals surface area contributed by atoms with Crippen LogP contribution in [0.4, 0.5) is 5.69 Å². The summed E-state index contributed by atoms with van der Waals surface area (Å²) in [4.78, 5) is 6.26. The maximum Gasteiger partial charge on any atom is 0.294 e. The highest BCUT2D eigenvalue weighted by Gasteiger charge is 2.37. The van der Waals surface area contributed by atoms with Crippen molar-refractivity contribution in [2.75, 3.05) is 18.0 Å². The van der Waals surface area contributed by atoms with Gasteiger partial charge in [-0.25, -0.2) is 0 Å². The van der Waals surface area contributed by atoms with E-state index in [4.69, 9.17) is 4.55 Å².